The maximum atomic E-state index is 12.4. The smallest absolute Gasteiger partial charge is 0.213 e. The van der Waals surface area contributed by atoms with Gasteiger partial charge >= 0.3 is 0 Å². The normalized spacial score (nSPS) is 25.5. The summed E-state index contributed by atoms with van der Waals surface area (Å²) in [5.74, 6) is 1.67. The van der Waals surface area contributed by atoms with Crippen LogP contribution in [-0.2, 0) is 27.7 Å². The van der Waals surface area contributed by atoms with Crippen molar-refractivity contribution in [2.75, 3.05) is 26.0 Å². The number of aryl methyl sites for hydroxylation is 1. The Morgan fingerprint density at radius 1 is 1.45 bits per heavy atom. The van der Waals surface area contributed by atoms with Crippen LogP contribution in [0.25, 0.3) is 0 Å². The lowest BCUT2D eigenvalue weighted by molar-refractivity contribution is 0.108. The highest BCUT2D eigenvalue weighted by Crippen LogP contribution is 2.21. The van der Waals surface area contributed by atoms with Crippen molar-refractivity contribution in [3.63, 3.8) is 0 Å². The summed E-state index contributed by atoms with van der Waals surface area (Å²) in [4.78, 5) is 4.31. The van der Waals surface area contributed by atoms with E-state index in [1.54, 1.807) is 7.05 Å². The summed E-state index contributed by atoms with van der Waals surface area (Å²) in [5.41, 5.74) is 0. The molecular formula is C15H25N3O3S. The molecule has 7 heteroatoms. The van der Waals surface area contributed by atoms with E-state index in [0.717, 1.165) is 44.7 Å². The second-order valence-corrected chi connectivity index (χ2v) is 8.62. The van der Waals surface area contributed by atoms with Crippen LogP contribution in [0.15, 0.2) is 12.4 Å². The molecule has 1 aromatic rings. The van der Waals surface area contributed by atoms with Crippen LogP contribution in [0.2, 0.25) is 0 Å². The molecule has 0 saturated carbocycles. The zero-order valence-electron chi connectivity index (χ0n) is 13.1. The molecule has 6 nitrogen and oxygen atoms in total. The van der Waals surface area contributed by atoms with Crippen LogP contribution < -0.4 is 0 Å². The van der Waals surface area contributed by atoms with Crippen LogP contribution in [0.5, 0.6) is 0 Å². The number of hydrogen-bond acceptors (Lipinski definition) is 4. The molecule has 124 valence electrons. The molecule has 0 amide bonds. The second kappa shape index (κ2) is 6.68. The first-order chi connectivity index (χ1) is 10.5. The van der Waals surface area contributed by atoms with Gasteiger partial charge in [0.25, 0.3) is 0 Å². The summed E-state index contributed by atoms with van der Waals surface area (Å²) in [6.45, 7) is 2.22. The average Bonchev–Trinajstić information content (AvgIpc) is 3.16. The van der Waals surface area contributed by atoms with Gasteiger partial charge in [0.2, 0.25) is 10.0 Å². The SMILES string of the molecule is CN(C[C@H]1CCc2nccn2C1)S(=O)(=O)CC[C@@H]1CCCO1. The first-order valence-corrected chi connectivity index (χ1v) is 9.71. The fourth-order valence-electron chi connectivity index (χ4n) is 3.37. The fraction of sp³-hybridized carbons (Fsp3) is 0.800. The third kappa shape index (κ3) is 3.70. The molecule has 22 heavy (non-hydrogen) atoms. The highest BCUT2D eigenvalue weighted by molar-refractivity contribution is 7.89. The van der Waals surface area contributed by atoms with Crippen molar-refractivity contribution >= 4 is 10.0 Å². The number of rotatable bonds is 6. The van der Waals surface area contributed by atoms with E-state index >= 15 is 0 Å². The molecule has 3 heterocycles. The Hall–Kier alpha value is -0.920. The molecule has 0 bridgehead atoms. The van der Waals surface area contributed by atoms with E-state index in [4.69, 9.17) is 4.74 Å². The number of ether oxygens (including phenoxy) is 1. The zero-order chi connectivity index (χ0) is 15.6. The number of sulfonamides is 1. The predicted molar refractivity (Wildman–Crippen MR) is 84.0 cm³/mol. The number of fused-ring (bicyclic) bond motifs is 1. The first kappa shape index (κ1) is 16.0. The quantitative estimate of drug-likeness (QED) is 0.789. The molecule has 0 unspecified atom stereocenters. The van der Waals surface area contributed by atoms with Crippen molar-refractivity contribution in [1.29, 1.82) is 0 Å². The van der Waals surface area contributed by atoms with Crippen molar-refractivity contribution in [2.24, 2.45) is 5.92 Å². The van der Waals surface area contributed by atoms with Gasteiger partial charge in [0.05, 0.1) is 11.9 Å². The van der Waals surface area contributed by atoms with Gasteiger partial charge in [-0.15, -0.1) is 0 Å². The average molecular weight is 327 g/mol. The highest BCUT2D eigenvalue weighted by atomic mass is 32.2. The van der Waals surface area contributed by atoms with E-state index in [1.165, 1.54) is 4.31 Å². The van der Waals surface area contributed by atoms with E-state index in [2.05, 4.69) is 9.55 Å². The summed E-state index contributed by atoms with van der Waals surface area (Å²) in [6.07, 6.45) is 8.52. The minimum atomic E-state index is -3.18. The van der Waals surface area contributed by atoms with E-state index in [-0.39, 0.29) is 11.9 Å². The molecule has 2 atom stereocenters. The van der Waals surface area contributed by atoms with E-state index < -0.39 is 10.0 Å². The van der Waals surface area contributed by atoms with Crippen LogP contribution in [0.4, 0.5) is 0 Å². The summed E-state index contributed by atoms with van der Waals surface area (Å²) in [7, 11) is -1.48. The van der Waals surface area contributed by atoms with Crippen LogP contribution >= 0.6 is 0 Å². The molecule has 0 N–H and O–H groups in total. The summed E-state index contributed by atoms with van der Waals surface area (Å²) in [5, 5.41) is 0. The van der Waals surface area contributed by atoms with Crippen LogP contribution in [-0.4, -0.2) is 54.3 Å². The molecule has 3 rings (SSSR count). The van der Waals surface area contributed by atoms with Crippen molar-refractivity contribution in [1.82, 2.24) is 13.9 Å². The van der Waals surface area contributed by atoms with Gasteiger partial charge < -0.3 is 9.30 Å². The van der Waals surface area contributed by atoms with E-state index in [9.17, 15) is 8.42 Å². The molecule has 0 aromatic carbocycles. The topological polar surface area (TPSA) is 64.4 Å². The maximum absolute atomic E-state index is 12.4. The van der Waals surface area contributed by atoms with Gasteiger partial charge in [-0.1, -0.05) is 0 Å². The predicted octanol–water partition coefficient (Wildman–Crippen LogP) is 1.28. The Bertz CT molecular complexity index is 593. The van der Waals surface area contributed by atoms with Gasteiger partial charge in [-0.2, -0.15) is 0 Å². The van der Waals surface area contributed by atoms with Crippen LogP contribution in [0.3, 0.4) is 0 Å². The number of imidazole rings is 1. The molecule has 1 aromatic heterocycles. The van der Waals surface area contributed by atoms with E-state index in [0.29, 0.717) is 18.9 Å². The molecule has 0 radical (unpaired) electrons. The van der Waals surface area contributed by atoms with Gasteiger partial charge in [0, 0.05) is 45.6 Å². The number of hydrogen-bond donors (Lipinski definition) is 0. The van der Waals surface area contributed by atoms with Gasteiger partial charge in [-0.25, -0.2) is 17.7 Å². The third-order valence-corrected chi connectivity index (χ3v) is 6.60. The molecule has 0 spiro atoms. The van der Waals surface area contributed by atoms with Gasteiger partial charge in [0.1, 0.15) is 5.82 Å². The van der Waals surface area contributed by atoms with E-state index in [1.807, 2.05) is 12.4 Å². The second-order valence-electron chi connectivity index (χ2n) is 6.42. The van der Waals surface area contributed by atoms with Gasteiger partial charge in [0.15, 0.2) is 0 Å². The molecule has 1 fully saturated rings. The number of nitrogens with zero attached hydrogens (tertiary/aromatic N) is 3. The Labute approximate surface area is 132 Å². The maximum Gasteiger partial charge on any atom is 0.213 e. The van der Waals surface area contributed by atoms with Gasteiger partial charge in [-0.05, 0) is 31.6 Å². The third-order valence-electron chi connectivity index (χ3n) is 4.74. The van der Waals surface area contributed by atoms with Crippen molar-refractivity contribution in [3.05, 3.63) is 18.2 Å². The lowest BCUT2D eigenvalue weighted by atomic mass is 10.00. The Kier molecular flexibility index (Phi) is 4.84. The van der Waals surface area contributed by atoms with Gasteiger partial charge in [-0.3, -0.25) is 0 Å². The Morgan fingerprint density at radius 2 is 2.32 bits per heavy atom. The van der Waals surface area contributed by atoms with Crippen LogP contribution in [0, 0.1) is 5.92 Å². The van der Waals surface area contributed by atoms with Crippen molar-refractivity contribution in [3.8, 4) is 0 Å². The highest BCUT2D eigenvalue weighted by Gasteiger charge is 2.26. The molecule has 2 aliphatic rings. The standard InChI is InChI=1S/C15H25N3O3S/c1-17(22(19,20)10-6-14-3-2-9-21-14)11-13-4-5-15-16-7-8-18(15)12-13/h7-8,13-14H,2-6,9-12H2,1H3/t13-,14+/m1/s1. The number of aromatic nitrogens is 2. The summed E-state index contributed by atoms with van der Waals surface area (Å²) < 4.78 is 34.0. The molecule has 0 aliphatic carbocycles. The molecule has 1 saturated heterocycles. The largest absolute Gasteiger partial charge is 0.378 e. The Balaban J connectivity index is 1.51. The Morgan fingerprint density at radius 3 is 3.09 bits per heavy atom. The van der Waals surface area contributed by atoms with Crippen molar-refractivity contribution < 1.29 is 13.2 Å². The van der Waals surface area contributed by atoms with Crippen LogP contribution in [0.1, 0.15) is 31.5 Å². The fourth-order valence-corrected chi connectivity index (χ4v) is 4.68. The molecule has 2 aliphatic heterocycles. The zero-order valence-corrected chi connectivity index (χ0v) is 14.0. The lowest BCUT2D eigenvalue weighted by Gasteiger charge is -2.28. The van der Waals surface area contributed by atoms with Crippen molar-refractivity contribution in [2.45, 2.75) is 44.8 Å². The first-order valence-electron chi connectivity index (χ1n) is 8.10. The molecular weight excluding hydrogens is 302 g/mol. The monoisotopic (exact) mass is 327 g/mol. The summed E-state index contributed by atoms with van der Waals surface area (Å²) in [6, 6.07) is 0. The lowest BCUT2D eigenvalue weighted by Crippen LogP contribution is -2.37. The summed E-state index contributed by atoms with van der Waals surface area (Å²) >= 11 is 0. The minimum Gasteiger partial charge on any atom is -0.378 e. The minimum absolute atomic E-state index is 0.131.